The lowest BCUT2D eigenvalue weighted by molar-refractivity contribution is 0.102. The van der Waals surface area contributed by atoms with Crippen LogP contribution in [0.1, 0.15) is 37.2 Å². The molecule has 4 rings (SSSR count). The Hall–Kier alpha value is -3.81. The molecule has 0 radical (unpaired) electrons. The van der Waals surface area contributed by atoms with Gasteiger partial charge in [-0.1, -0.05) is 25.9 Å². The smallest absolute Gasteiger partial charge is 0.274 e. The van der Waals surface area contributed by atoms with Crippen LogP contribution in [-0.4, -0.2) is 25.6 Å². The molecule has 7 nitrogen and oxygen atoms in total. The van der Waals surface area contributed by atoms with E-state index in [2.05, 4.69) is 20.4 Å². The van der Waals surface area contributed by atoms with Gasteiger partial charge in [0.2, 0.25) is 11.7 Å². The molecule has 0 bridgehead atoms. The number of rotatable bonds is 4. The summed E-state index contributed by atoms with van der Waals surface area (Å²) in [6, 6.07) is 13.0. The van der Waals surface area contributed by atoms with Gasteiger partial charge >= 0.3 is 0 Å². The predicted octanol–water partition coefficient (Wildman–Crippen LogP) is 4.61. The molecule has 152 valence electrons. The van der Waals surface area contributed by atoms with Crippen molar-refractivity contribution < 1.29 is 13.7 Å². The normalized spacial score (nSPS) is 11.5. The van der Waals surface area contributed by atoms with Crippen molar-refractivity contribution in [3.63, 3.8) is 0 Å². The summed E-state index contributed by atoms with van der Waals surface area (Å²) in [5.74, 6) is 0.372. The van der Waals surface area contributed by atoms with Crippen molar-refractivity contribution in [2.24, 2.45) is 0 Å². The van der Waals surface area contributed by atoms with Crippen LogP contribution in [0.4, 0.5) is 10.1 Å². The van der Waals surface area contributed by atoms with E-state index in [1.54, 1.807) is 28.8 Å². The third kappa shape index (κ3) is 3.98. The minimum absolute atomic E-state index is 0.230. The molecule has 0 saturated carbocycles. The van der Waals surface area contributed by atoms with Gasteiger partial charge in [-0.15, -0.1) is 0 Å². The van der Waals surface area contributed by atoms with Gasteiger partial charge in [-0.05, 0) is 48.5 Å². The van der Waals surface area contributed by atoms with E-state index in [0.717, 1.165) is 5.56 Å². The first-order chi connectivity index (χ1) is 14.3. The number of nitrogens with zero attached hydrogens (tertiary/aromatic N) is 4. The van der Waals surface area contributed by atoms with Gasteiger partial charge < -0.3 is 9.84 Å². The molecule has 0 saturated heterocycles. The van der Waals surface area contributed by atoms with Gasteiger partial charge in [0.05, 0.1) is 12.5 Å². The van der Waals surface area contributed by atoms with Crippen LogP contribution >= 0.6 is 0 Å². The largest absolute Gasteiger partial charge is 0.338 e. The maximum absolute atomic E-state index is 13.2. The Morgan fingerprint density at radius 2 is 1.77 bits per heavy atom. The lowest BCUT2D eigenvalue weighted by Gasteiger charge is -2.10. The maximum atomic E-state index is 13.2. The Morgan fingerprint density at radius 1 is 1.07 bits per heavy atom. The molecule has 2 aromatic heterocycles. The van der Waals surface area contributed by atoms with Crippen LogP contribution in [0.15, 0.2) is 65.6 Å². The number of hydrogen-bond acceptors (Lipinski definition) is 5. The van der Waals surface area contributed by atoms with Gasteiger partial charge in [0.15, 0.2) is 0 Å². The summed E-state index contributed by atoms with van der Waals surface area (Å²) in [5, 5.41) is 6.86. The average Bonchev–Trinajstić information content (AvgIpc) is 3.39. The van der Waals surface area contributed by atoms with Crippen LogP contribution < -0.4 is 5.32 Å². The van der Waals surface area contributed by atoms with Crippen molar-refractivity contribution in [3.8, 4) is 17.1 Å². The molecule has 0 atom stereocenters. The van der Waals surface area contributed by atoms with Gasteiger partial charge in [0, 0.05) is 22.4 Å². The summed E-state index contributed by atoms with van der Waals surface area (Å²) in [6.07, 6.45) is 2.97. The highest BCUT2D eigenvalue weighted by molar-refractivity contribution is 6.03. The lowest BCUT2D eigenvalue weighted by Crippen LogP contribution is -2.16. The standard InChI is InChI=1S/C22H20FN5O2/c1-22(2,3)21-26-19(27-30-21)14-4-8-16(9-5-14)25-20(29)18-12-24-13-28(18)17-10-6-15(23)7-11-17/h4-13H,1-3H3,(H,25,29). The number of benzene rings is 2. The number of carbonyl (C=O) groups is 1. The zero-order valence-electron chi connectivity index (χ0n) is 16.8. The summed E-state index contributed by atoms with van der Waals surface area (Å²) in [7, 11) is 0. The van der Waals surface area contributed by atoms with E-state index in [1.165, 1.54) is 24.7 Å². The van der Waals surface area contributed by atoms with E-state index >= 15 is 0 Å². The highest BCUT2D eigenvalue weighted by atomic mass is 19.1. The summed E-state index contributed by atoms with van der Waals surface area (Å²) in [4.78, 5) is 21.2. The number of aromatic nitrogens is 4. The monoisotopic (exact) mass is 405 g/mol. The van der Waals surface area contributed by atoms with Crippen molar-refractivity contribution in [2.45, 2.75) is 26.2 Å². The molecule has 1 N–H and O–H groups in total. The Kier molecular flexibility index (Phi) is 4.91. The van der Waals surface area contributed by atoms with Gasteiger partial charge in [0.25, 0.3) is 5.91 Å². The second-order valence-electron chi connectivity index (χ2n) is 7.83. The lowest BCUT2D eigenvalue weighted by atomic mass is 9.97. The molecule has 0 aliphatic rings. The van der Waals surface area contributed by atoms with Crippen molar-refractivity contribution in [1.82, 2.24) is 19.7 Å². The van der Waals surface area contributed by atoms with Crippen molar-refractivity contribution >= 4 is 11.6 Å². The fraction of sp³-hybridized carbons (Fsp3) is 0.182. The third-order valence-corrected chi connectivity index (χ3v) is 4.44. The first kappa shape index (κ1) is 19.5. The fourth-order valence-electron chi connectivity index (χ4n) is 2.81. The van der Waals surface area contributed by atoms with E-state index in [9.17, 15) is 9.18 Å². The van der Waals surface area contributed by atoms with E-state index in [-0.39, 0.29) is 17.1 Å². The first-order valence-corrected chi connectivity index (χ1v) is 9.35. The molecule has 30 heavy (non-hydrogen) atoms. The molecule has 8 heteroatoms. The van der Waals surface area contributed by atoms with Crippen molar-refractivity contribution in [2.75, 3.05) is 5.32 Å². The van der Waals surface area contributed by atoms with Crippen molar-refractivity contribution in [3.05, 3.63) is 78.5 Å². The molecule has 1 amide bonds. The predicted molar refractivity (Wildman–Crippen MR) is 110 cm³/mol. The van der Waals surface area contributed by atoms with Gasteiger partial charge in [-0.2, -0.15) is 4.98 Å². The number of anilines is 1. The van der Waals surface area contributed by atoms with Crippen LogP contribution in [0.5, 0.6) is 0 Å². The van der Waals surface area contributed by atoms with E-state index < -0.39 is 0 Å². The summed E-state index contributed by atoms with van der Waals surface area (Å²) < 4.78 is 20.1. The minimum atomic E-state index is -0.346. The number of hydrogen-bond donors (Lipinski definition) is 1. The second kappa shape index (κ2) is 7.55. The second-order valence-corrected chi connectivity index (χ2v) is 7.83. The topological polar surface area (TPSA) is 85.8 Å². The van der Waals surface area contributed by atoms with Crippen LogP contribution in [0.2, 0.25) is 0 Å². The quantitative estimate of drug-likeness (QED) is 0.536. The highest BCUT2D eigenvalue weighted by Crippen LogP contribution is 2.25. The van der Waals surface area contributed by atoms with Gasteiger partial charge in [-0.25, -0.2) is 9.37 Å². The van der Waals surface area contributed by atoms with Gasteiger partial charge in [-0.3, -0.25) is 9.36 Å². The molecule has 2 heterocycles. The van der Waals surface area contributed by atoms with Gasteiger partial charge in [0.1, 0.15) is 11.5 Å². The minimum Gasteiger partial charge on any atom is -0.338 e. The number of imidazole rings is 1. The zero-order chi connectivity index (χ0) is 21.3. The number of nitrogens with one attached hydrogen (secondary N) is 1. The van der Waals surface area contributed by atoms with Crippen LogP contribution in [0.3, 0.4) is 0 Å². The zero-order valence-corrected chi connectivity index (χ0v) is 16.8. The molecule has 0 aliphatic heterocycles. The van der Waals surface area contributed by atoms with E-state index in [0.29, 0.717) is 28.8 Å². The molecular weight excluding hydrogens is 385 g/mol. The van der Waals surface area contributed by atoms with Crippen LogP contribution in [-0.2, 0) is 5.41 Å². The molecule has 4 aromatic rings. The Balaban J connectivity index is 1.51. The van der Waals surface area contributed by atoms with Crippen molar-refractivity contribution in [1.29, 1.82) is 0 Å². The Labute approximate surface area is 172 Å². The third-order valence-electron chi connectivity index (χ3n) is 4.44. The van der Waals surface area contributed by atoms with Crippen LogP contribution in [0, 0.1) is 5.82 Å². The summed E-state index contributed by atoms with van der Waals surface area (Å²) >= 11 is 0. The highest BCUT2D eigenvalue weighted by Gasteiger charge is 2.22. The Bertz CT molecular complexity index is 1170. The first-order valence-electron chi connectivity index (χ1n) is 9.35. The molecule has 0 unspecified atom stereocenters. The number of carbonyl (C=O) groups excluding carboxylic acids is 1. The van der Waals surface area contributed by atoms with Crippen LogP contribution in [0.25, 0.3) is 17.1 Å². The average molecular weight is 405 g/mol. The molecule has 0 aliphatic carbocycles. The molecule has 0 spiro atoms. The molecular formula is C22H20FN5O2. The summed E-state index contributed by atoms with van der Waals surface area (Å²) in [6.45, 7) is 6.00. The number of halogens is 1. The maximum Gasteiger partial charge on any atom is 0.274 e. The van der Waals surface area contributed by atoms with E-state index in [1.807, 2.05) is 32.9 Å². The molecule has 2 aromatic carbocycles. The number of amides is 1. The fourth-order valence-corrected chi connectivity index (χ4v) is 2.81. The van der Waals surface area contributed by atoms with E-state index in [4.69, 9.17) is 4.52 Å². The summed E-state index contributed by atoms with van der Waals surface area (Å²) in [5.41, 5.74) is 2.13. The molecule has 0 fully saturated rings. The SMILES string of the molecule is CC(C)(C)c1nc(-c2ccc(NC(=O)c3cncn3-c3ccc(F)cc3)cc2)no1. The Morgan fingerprint density at radius 3 is 2.40 bits per heavy atom.